The van der Waals surface area contributed by atoms with Crippen molar-refractivity contribution in [2.45, 2.75) is 12.6 Å². The summed E-state index contributed by atoms with van der Waals surface area (Å²) < 4.78 is 41.5. The quantitative estimate of drug-likeness (QED) is 0.876. The van der Waals surface area contributed by atoms with Crippen LogP contribution in [0.25, 0.3) is 0 Å². The minimum atomic E-state index is -4.63. The first-order chi connectivity index (χ1) is 10.7. The van der Waals surface area contributed by atoms with Crippen molar-refractivity contribution < 1.29 is 27.2 Å². The van der Waals surface area contributed by atoms with E-state index >= 15 is 0 Å². The Morgan fingerprint density at radius 2 is 1.87 bits per heavy atom. The van der Waals surface area contributed by atoms with Gasteiger partial charge in [-0.2, -0.15) is 13.2 Å². The SMILES string of the molecule is O=C(CC(F)(F)F)Nc1ccc(Cl)cc1NC(=O)c1ccco1. The molecular weight excluding hydrogens is 337 g/mol. The van der Waals surface area contributed by atoms with E-state index in [9.17, 15) is 22.8 Å². The molecular formula is C14H10ClF3N2O3. The average Bonchev–Trinajstić information content (AvgIpc) is 2.93. The van der Waals surface area contributed by atoms with Crippen molar-refractivity contribution in [3.63, 3.8) is 0 Å². The maximum atomic E-state index is 12.2. The summed E-state index contributed by atoms with van der Waals surface area (Å²) in [6.45, 7) is 0. The monoisotopic (exact) mass is 346 g/mol. The van der Waals surface area contributed by atoms with E-state index in [0.29, 0.717) is 0 Å². The van der Waals surface area contributed by atoms with Crippen LogP contribution in [0, 0.1) is 0 Å². The third kappa shape index (κ3) is 5.03. The molecule has 0 aliphatic heterocycles. The zero-order valence-corrected chi connectivity index (χ0v) is 12.2. The molecule has 0 aliphatic carbocycles. The summed E-state index contributed by atoms with van der Waals surface area (Å²) in [5.41, 5.74) is 0.0398. The van der Waals surface area contributed by atoms with Gasteiger partial charge in [-0.05, 0) is 30.3 Å². The van der Waals surface area contributed by atoms with Gasteiger partial charge in [0.05, 0.1) is 17.6 Å². The Morgan fingerprint density at radius 1 is 1.13 bits per heavy atom. The smallest absolute Gasteiger partial charge is 0.397 e. The molecule has 0 radical (unpaired) electrons. The summed E-state index contributed by atoms with van der Waals surface area (Å²) in [5.74, 6) is -1.89. The molecule has 0 saturated heterocycles. The van der Waals surface area contributed by atoms with Crippen LogP contribution in [0.15, 0.2) is 41.0 Å². The second kappa shape index (κ2) is 6.74. The molecule has 0 bridgehead atoms. The fourth-order valence-electron chi connectivity index (χ4n) is 1.70. The minimum Gasteiger partial charge on any atom is -0.459 e. The zero-order valence-electron chi connectivity index (χ0n) is 11.4. The van der Waals surface area contributed by atoms with Gasteiger partial charge in [-0.3, -0.25) is 9.59 Å². The predicted octanol–water partition coefficient (Wildman–Crippen LogP) is 4.08. The number of anilines is 2. The number of rotatable bonds is 4. The van der Waals surface area contributed by atoms with Crippen molar-refractivity contribution in [2.75, 3.05) is 10.6 Å². The standard InChI is InChI=1S/C14H10ClF3N2O3/c15-8-3-4-9(19-12(21)7-14(16,17)18)10(6-8)20-13(22)11-2-1-5-23-11/h1-6H,7H2,(H,19,21)(H,20,22). The van der Waals surface area contributed by atoms with E-state index in [2.05, 4.69) is 10.6 Å². The van der Waals surface area contributed by atoms with E-state index in [0.717, 1.165) is 0 Å². The Balaban J connectivity index is 2.17. The molecule has 2 N–H and O–H groups in total. The maximum Gasteiger partial charge on any atom is 0.397 e. The number of alkyl halides is 3. The van der Waals surface area contributed by atoms with Crippen LogP contribution >= 0.6 is 11.6 Å². The fraction of sp³-hybridized carbons (Fsp3) is 0.143. The molecule has 23 heavy (non-hydrogen) atoms. The number of hydrogen-bond donors (Lipinski definition) is 2. The molecule has 0 atom stereocenters. The van der Waals surface area contributed by atoms with Crippen LogP contribution in [0.3, 0.4) is 0 Å². The molecule has 5 nitrogen and oxygen atoms in total. The Labute approximate surface area is 133 Å². The Kier molecular flexibility index (Phi) is 4.95. The van der Waals surface area contributed by atoms with Gasteiger partial charge in [-0.15, -0.1) is 0 Å². The van der Waals surface area contributed by atoms with Gasteiger partial charge in [0, 0.05) is 5.02 Å². The topological polar surface area (TPSA) is 71.3 Å². The number of nitrogens with one attached hydrogen (secondary N) is 2. The Hall–Kier alpha value is -2.48. The summed E-state index contributed by atoms with van der Waals surface area (Å²) in [7, 11) is 0. The average molecular weight is 347 g/mol. The zero-order chi connectivity index (χ0) is 17.0. The van der Waals surface area contributed by atoms with Gasteiger partial charge in [0.15, 0.2) is 5.76 Å². The highest BCUT2D eigenvalue weighted by atomic mass is 35.5. The molecule has 0 saturated carbocycles. The van der Waals surface area contributed by atoms with Crippen molar-refractivity contribution in [2.24, 2.45) is 0 Å². The summed E-state index contributed by atoms with van der Waals surface area (Å²) in [6, 6.07) is 6.86. The van der Waals surface area contributed by atoms with E-state index in [1.54, 1.807) is 0 Å². The van der Waals surface area contributed by atoms with Gasteiger partial charge in [0.1, 0.15) is 6.42 Å². The van der Waals surface area contributed by atoms with Gasteiger partial charge in [0.25, 0.3) is 5.91 Å². The largest absolute Gasteiger partial charge is 0.459 e. The van der Waals surface area contributed by atoms with E-state index < -0.39 is 24.4 Å². The van der Waals surface area contributed by atoms with Crippen molar-refractivity contribution in [3.05, 3.63) is 47.4 Å². The van der Waals surface area contributed by atoms with Crippen molar-refractivity contribution in [3.8, 4) is 0 Å². The second-order valence-corrected chi connectivity index (χ2v) is 4.90. The number of halogens is 4. The molecule has 122 valence electrons. The molecule has 0 spiro atoms. The van der Waals surface area contributed by atoms with Crippen LogP contribution in [0.5, 0.6) is 0 Å². The van der Waals surface area contributed by atoms with Crippen molar-refractivity contribution in [1.29, 1.82) is 0 Å². The summed E-state index contributed by atoms with van der Waals surface area (Å²) in [5, 5.41) is 4.72. The lowest BCUT2D eigenvalue weighted by Gasteiger charge is -2.13. The molecule has 1 aromatic heterocycles. The highest BCUT2D eigenvalue weighted by molar-refractivity contribution is 6.31. The lowest BCUT2D eigenvalue weighted by Crippen LogP contribution is -2.22. The third-order valence-corrected chi connectivity index (χ3v) is 2.84. The van der Waals surface area contributed by atoms with E-state index in [-0.39, 0.29) is 22.2 Å². The van der Waals surface area contributed by atoms with E-state index in [1.165, 1.54) is 36.6 Å². The molecule has 2 rings (SSSR count). The number of carbonyl (C=O) groups excluding carboxylic acids is 2. The first kappa shape index (κ1) is 16.9. The van der Waals surface area contributed by atoms with Crippen LogP contribution in [-0.4, -0.2) is 18.0 Å². The summed E-state index contributed by atoms with van der Waals surface area (Å²) >= 11 is 5.80. The van der Waals surface area contributed by atoms with Gasteiger partial charge in [-0.25, -0.2) is 0 Å². The Morgan fingerprint density at radius 3 is 2.48 bits per heavy atom. The maximum absolute atomic E-state index is 12.2. The molecule has 0 aliphatic rings. The number of carbonyl (C=O) groups is 2. The first-order valence-corrected chi connectivity index (χ1v) is 6.63. The normalized spacial score (nSPS) is 11.1. The second-order valence-electron chi connectivity index (χ2n) is 4.46. The molecule has 0 fully saturated rings. The molecule has 9 heteroatoms. The summed E-state index contributed by atoms with van der Waals surface area (Å²) in [6.07, 6.45) is -4.98. The first-order valence-electron chi connectivity index (χ1n) is 6.25. The molecule has 2 aromatic rings. The van der Waals surface area contributed by atoms with E-state index in [1.807, 2.05) is 0 Å². The number of amides is 2. The molecule has 1 aromatic carbocycles. The van der Waals surface area contributed by atoms with Crippen molar-refractivity contribution >= 4 is 34.8 Å². The van der Waals surface area contributed by atoms with Crippen LogP contribution in [0.1, 0.15) is 17.0 Å². The van der Waals surface area contributed by atoms with Crippen LogP contribution in [0.4, 0.5) is 24.5 Å². The lowest BCUT2D eigenvalue weighted by molar-refractivity contribution is -0.150. The van der Waals surface area contributed by atoms with Gasteiger partial charge in [-0.1, -0.05) is 11.6 Å². The van der Waals surface area contributed by atoms with Crippen LogP contribution in [0.2, 0.25) is 5.02 Å². The van der Waals surface area contributed by atoms with Gasteiger partial charge in [0.2, 0.25) is 5.91 Å². The van der Waals surface area contributed by atoms with Gasteiger partial charge < -0.3 is 15.1 Å². The third-order valence-electron chi connectivity index (χ3n) is 2.61. The van der Waals surface area contributed by atoms with Crippen LogP contribution < -0.4 is 10.6 Å². The minimum absolute atomic E-state index is 0.00227. The van der Waals surface area contributed by atoms with E-state index in [4.69, 9.17) is 16.0 Å². The fourth-order valence-corrected chi connectivity index (χ4v) is 1.87. The van der Waals surface area contributed by atoms with Crippen LogP contribution in [-0.2, 0) is 4.79 Å². The predicted molar refractivity (Wildman–Crippen MR) is 77.4 cm³/mol. The molecule has 1 heterocycles. The molecule has 0 unspecified atom stereocenters. The number of benzene rings is 1. The van der Waals surface area contributed by atoms with Crippen molar-refractivity contribution in [1.82, 2.24) is 0 Å². The number of furan rings is 1. The number of hydrogen-bond acceptors (Lipinski definition) is 3. The van der Waals surface area contributed by atoms with Gasteiger partial charge >= 0.3 is 6.18 Å². The highest BCUT2D eigenvalue weighted by Crippen LogP contribution is 2.28. The Bertz CT molecular complexity index is 715. The molecule has 2 amide bonds. The highest BCUT2D eigenvalue weighted by Gasteiger charge is 2.31. The summed E-state index contributed by atoms with van der Waals surface area (Å²) in [4.78, 5) is 23.3. The lowest BCUT2D eigenvalue weighted by atomic mass is 10.2.